The van der Waals surface area contributed by atoms with Crippen LogP contribution in [0.3, 0.4) is 0 Å². The van der Waals surface area contributed by atoms with Crippen LogP contribution in [0, 0.1) is 11.8 Å². The Morgan fingerprint density at radius 2 is 2.28 bits per heavy atom. The van der Waals surface area contributed by atoms with E-state index in [2.05, 4.69) is 5.32 Å². The summed E-state index contributed by atoms with van der Waals surface area (Å²) >= 11 is 0. The Morgan fingerprint density at radius 3 is 3.00 bits per heavy atom. The molecule has 0 spiro atoms. The molecule has 0 bridgehead atoms. The Morgan fingerprint density at radius 1 is 1.50 bits per heavy atom. The second kappa shape index (κ2) is 5.69. The van der Waals surface area contributed by atoms with E-state index >= 15 is 0 Å². The number of hydrogen-bond acceptors (Lipinski definition) is 3. The fraction of sp³-hybridized carbons (Fsp3) is 0.846. The summed E-state index contributed by atoms with van der Waals surface area (Å²) in [6, 6.07) is -0.329. The first-order chi connectivity index (χ1) is 8.63. The van der Waals surface area contributed by atoms with Gasteiger partial charge in [-0.3, -0.25) is 9.59 Å². The standard InChI is InChI=1S/C13H23N3O2/c1-9-12(17)15-5-6-16(9)13(18)11-4-2-3-10(7-11)8-14/h9-11H,2-8,14H2,1H3,(H,15,17). The van der Waals surface area contributed by atoms with Crippen molar-refractivity contribution in [3.05, 3.63) is 0 Å². The predicted octanol–water partition coefficient (Wildman–Crippen LogP) is 0.0984. The average Bonchev–Trinajstić information content (AvgIpc) is 2.41. The van der Waals surface area contributed by atoms with Gasteiger partial charge < -0.3 is 16.0 Å². The number of piperazine rings is 1. The number of nitrogens with one attached hydrogen (secondary N) is 1. The number of carbonyl (C=O) groups excluding carboxylic acids is 2. The Kier molecular flexibility index (Phi) is 4.22. The minimum atomic E-state index is -0.329. The largest absolute Gasteiger partial charge is 0.353 e. The van der Waals surface area contributed by atoms with Gasteiger partial charge in [-0.25, -0.2) is 0 Å². The maximum absolute atomic E-state index is 12.5. The van der Waals surface area contributed by atoms with Gasteiger partial charge in [0.1, 0.15) is 6.04 Å². The number of hydrogen-bond donors (Lipinski definition) is 2. The highest BCUT2D eigenvalue weighted by molar-refractivity contribution is 5.89. The number of nitrogens with two attached hydrogens (primary N) is 1. The van der Waals surface area contributed by atoms with Crippen molar-refractivity contribution >= 4 is 11.8 Å². The summed E-state index contributed by atoms with van der Waals surface area (Å²) in [5.41, 5.74) is 5.70. The first-order valence-corrected chi connectivity index (χ1v) is 6.91. The quantitative estimate of drug-likeness (QED) is 0.733. The molecule has 1 aliphatic carbocycles. The molecular weight excluding hydrogens is 230 g/mol. The lowest BCUT2D eigenvalue weighted by Crippen LogP contribution is -2.57. The van der Waals surface area contributed by atoms with Crippen LogP contribution in [0.2, 0.25) is 0 Å². The number of carbonyl (C=O) groups is 2. The zero-order valence-corrected chi connectivity index (χ0v) is 11.0. The van der Waals surface area contributed by atoms with E-state index in [4.69, 9.17) is 5.73 Å². The molecule has 0 radical (unpaired) electrons. The molecule has 0 aromatic carbocycles. The van der Waals surface area contributed by atoms with Crippen LogP contribution in [-0.2, 0) is 9.59 Å². The van der Waals surface area contributed by atoms with Gasteiger partial charge in [-0.2, -0.15) is 0 Å². The summed E-state index contributed by atoms with van der Waals surface area (Å²) in [5.74, 6) is 0.651. The molecule has 3 atom stereocenters. The van der Waals surface area contributed by atoms with E-state index in [1.807, 2.05) is 0 Å². The third-order valence-corrected chi connectivity index (χ3v) is 4.25. The van der Waals surface area contributed by atoms with Crippen LogP contribution in [0.15, 0.2) is 0 Å². The average molecular weight is 253 g/mol. The molecule has 3 N–H and O–H groups in total. The predicted molar refractivity (Wildman–Crippen MR) is 68.7 cm³/mol. The molecule has 3 unspecified atom stereocenters. The monoisotopic (exact) mass is 253 g/mol. The van der Waals surface area contributed by atoms with E-state index in [9.17, 15) is 9.59 Å². The summed E-state index contributed by atoms with van der Waals surface area (Å²) in [6.07, 6.45) is 4.04. The number of rotatable bonds is 2. The van der Waals surface area contributed by atoms with E-state index < -0.39 is 0 Å². The fourth-order valence-corrected chi connectivity index (χ4v) is 3.05. The van der Waals surface area contributed by atoms with Gasteiger partial charge in [0.05, 0.1) is 0 Å². The maximum atomic E-state index is 12.5. The van der Waals surface area contributed by atoms with E-state index in [1.165, 1.54) is 0 Å². The van der Waals surface area contributed by atoms with Gasteiger partial charge in [-0.05, 0) is 38.6 Å². The van der Waals surface area contributed by atoms with Gasteiger partial charge in [-0.15, -0.1) is 0 Å². The summed E-state index contributed by atoms with van der Waals surface area (Å²) in [7, 11) is 0. The molecule has 0 aromatic heterocycles. The molecule has 102 valence electrons. The molecular formula is C13H23N3O2. The molecule has 1 saturated heterocycles. The van der Waals surface area contributed by atoms with Gasteiger partial charge in [0.15, 0.2) is 0 Å². The molecule has 2 rings (SSSR count). The van der Waals surface area contributed by atoms with Gasteiger partial charge in [0.2, 0.25) is 11.8 Å². The van der Waals surface area contributed by atoms with Gasteiger partial charge in [0, 0.05) is 19.0 Å². The second-order valence-corrected chi connectivity index (χ2v) is 5.46. The van der Waals surface area contributed by atoms with Crippen molar-refractivity contribution < 1.29 is 9.59 Å². The van der Waals surface area contributed by atoms with Crippen LogP contribution in [0.4, 0.5) is 0 Å². The molecule has 2 fully saturated rings. The minimum absolute atomic E-state index is 0.0409. The Labute approximate surface area is 108 Å². The lowest BCUT2D eigenvalue weighted by Gasteiger charge is -2.37. The van der Waals surface area contributed by atoms with E-state index in [-0.39, 0.29) is 23.8 Å². The Hall–Kier alpha value is -1.10. The highest BCUT2D eigenvalue weighted by Crippen LogP contribution is 2.30. The van der Waals surface area contributed by atoms with Crippen LogP contribution < -0.4 is 11.1 Å². The van der Waals surface area contributed by atoms with Crippen molar-refractivity contribution in [3.8, 4) is 0 Å². The van der Waals surface area contributed by atoms with Crippen molar-refractivity contribution in [2.24, 2.45) is 17.6 Å². The molecule has 0 aromatic rings. The topological polar surface area (TPSA) is 75.4 Å². The van der Waals surface area contributed by atoms with Crippen LogP contribution in [0.1, 0.15) is 32.6 Å². The van der Waals surface area contributed by atoms with E-state index in [1.54, 1.807) is 11.8 Å². The van der Waals surface area contributed by atoms with Crippen LogP contribution in [0.5, 0.6) is 0 Å². The molecule has 1 aliphatic heterocycles. The molecule has 18 heavy (non-hydrogen) atoms. The maximum Gasteiger partial charge on any atom is 0.242 e. The fourth-order valence-electron chi connectivity index (χ4n) is 3.05. The normalized spacial score (nSPS) is 33.1. The molecule has 1 saturated carbocycles. The smallest absolute Gasteiger partial charge is 0.242 e. The van der Waals surface area contributed by atoms with Gasteiger partial charge in [0.25, 0.3) is 0 Å². The first-order valence-electron chi connectivity index (χ1n) is 6.91. The van der Waals surface area contributed by atoms with E-state index in [0.29, 0.717) is 25.6 Å². The molecule has 5 heteroatoms. The molecule has 5 nitrogen and oxygen atoms in total. The zero-order chi connectivity index (χ0) is 13.1. The number of amides is 2. The number of nitrogens with zero attached hydrogens (tertiary/aromatic N) is 1. The minimum Gasteiger partial charge on any atom is -0.353 e. The molecule has 1 heterocycles. The van der Waals surface area contributed by atoms with Crippen LogP contribution in [-0.4, -0.2) is 42.4 Å². The summed E-state index contributed by atoms with van der Waals surface area (Å²) < 4.78 is 0. The van der Waals surface area contributed by atoms with Crippen LogP contribution in [0.25, 0.3) is 0 Å². The first kappa shape index (κ1) is 13.3. The van der Waals surface area contributed by atoms with Crippen molar-refractivity contribution in [3.63, 3.8) is 0 Å². The Balaban J connectivity index is 1.99. The SMILES string of the molecule is CC1C(=O)NCCN1C(=O)C1CCCC(CN)C1. The summed E-state index contributed by atoms with van der Waals surface area (Å²) in [5, 5.41) is 2.79. The third kappa shape index (κ3) is 2.66. The summed E-state index contributed by atoms with van der Waals surface area (Å²) in [4.78, 5) is 25.8. The third-order valence-electron chi connectivity index (χ3n) is 4.25. The molecule has 2 aliphatic rings. The van der Waals surface area contributed by atoms with Crippen molar-refractivity contribution in [2.75, 3.05) is 19.6 Å². The van der Waals surface area contributed by atoms with Crippen molar-refractivity contribution in [1.29, 1.82) is 0 Å². The lowest BCUT2D eigenvalue weighted by atomic mass is 9.80. The van der Waals surface area contributed by atoms with Crippen molar-refractivity contribution in [2.45, 2.75) is 38.6 Å². The highest BCUT2D eigenvalue weighted by Gasteiger charge is 2.35. The van der Waals surface area contributed by atoms with Crippen LogP contribution >= 0.6 is 0 Å². The van der Waals surface area contributed by atoms with Gasteiger partial charge in [-0.1, -0.05) is 6.42 Å². The molecule has 2 amide bonds. The van der Waals surface area contributed by atoms with Gasteiger partial charge >= 0.3 is 0 Å². The highest BCUT2D eigenvalue weighted by atomic mass is 16.2. The zero-order valence-electron chi connectivity index (χ0n) is 11.0. The Bertz CT molecular complexity index is 332. The summed E-state index contributed by atoms with van der Waals surface area (Å²) in [6.45, 7) is 3.67. The lowest BCUT2D eigenvalue weighted by molar-refractivity contribution is -0.146. The second-order valence-electron chi connectivity index (χ2n) is 5.46. The van der Waals surface area contributed by atoms with E-state index in [0.717, 1.165) is 25.7 Å². The van der Waals surface area contributed by atoms with Crippen molar-refractivity contribution in [1.82, 2.24) is 10.2 Å².